The summed E-state index contributed by atoms with van der Waals surface area (Å²) in [5.74, 6) is 1.72. The smallest absolute Gasteiger partial charge is 0.191 e. The van der Waals surface area contributed by atoms with E-state index >= 15 is 0 Å². The average Bonchev–Trinajstić information content (AvgIpc) is 2.50. The number of nitrogens with zero attached hydrogens (tertiary/aromatic N) is 2. The number of benzene rings is 1. The molecule has 24 heavy (non-hydrogen) atoms. The molecule has 0 aliphatic rings. The van der Waals surface area contributed by atoms with Crippen LogP contribution in [0.2, 0.25) is 0 Å². The van der Waals surface area contributed by atoms with Crippen molar-refractivity contribution < 1.29 is 4.74 Å². The summed E-state index contributed by atoms with van der Waals surface area (Å²) in [7, 11) is 3.90. The molecular weight excluding hydrogens is 415 g/mol. The van der Waals surface area contributed by atoms with E-state index in [1.165, 1.54) is 0 Å². The Morgan fingerprint density at radius 3 is 2.46 bits per heavy atom. The Bertz CT molecular complexity index is 500. The molecule has 1 rings (SSSR count). The highest BCUT2D eigenvalue weighted by molar-refractivity contribution is 14.0. The third-order valence-corrected chi connectivity index (χ3v) is 3.38. The molecule has 6 heteroatoms. The SMILES string of the molecule is CCN(C)CCNC(=NC)NCc1ccccc1OC(C)(C)C.I. The standard InChI is InChI=1S/C18H32N4O.HI/c1-7-22(6)13-12-20-17(19-5)21-14-15-10-8-9-11-16(15)23-18(2,3)4;/h8-11H,7,12-14H2,1-6H3,(H2,19,20,21);1H. The van der Waals surface area contributed by atoms with Crippen molar-refractivity contribution in [1.82, 2.24) is 15.5 Å². The third-order valence-electron chi connectivity index (χ3n) is 3.38. The zero-order valence-corrected chi connectivity index (χ0v) is 18.2. The Balaban J connectivity index is 0.00000529. The first-order valence-electron chi connectivity index (χ1n) is 8.25. The van der Waals surface area contributed by atoms with Crippen LogP contribution < -0.4 is 15.4 Å². The minimum atomic E-state index is -0.208. The summed E-state index contributed by atoms with van der Waals surface area (Å²) in [5.41, 5.74) is 0.914. The molecule has 0 saturated carbocycles. The molecule has 0 saturated heterocycles. The molecule has 0 bridgehead atoms. The fraction of sp³-hybridized carbons (Fsp3) is 0.611. The minimum Gasteiger partial charge on any atom is -0.488 e. The van der Waals surface area contributed by atoms with Crippen LogP contribution in [0.1, 0.15) is 33.3 Å². The highest BCUT2D eigenvalue weighted by Crippen LogP contribution is 2.22. The Hall–Kier alpha value is -1.02. The highest BCUT2D eigenvalue weighted by atomic mass is 127. The zero-order valence-electron chi connectivity index (χ0n) is 15.8. The number of ether oxygens (including phenoxy) is 1. The van der Waals surface area contributed by atoms with Crippen molar-refractivity contribution in [3.8, 4) is 5.75 Å². The van der Waals surface area contributed by atoms with Crippen LogP contribution in [0.4, 0.5) is 0 Å². The van der Waals surface area contributed by atoms with Gasteiger partial charge in [-0.2, -0.15) is 0 Å². The van der Waals surface area contributed by atoms with Crippen LogP contribution >= 0.6 is 24.0 Å². The van der Waals surface area contributed by atoms with Crippen molar-refractivity contribution in [2.75, 3.05) is 33.7 Å². The molecule has 138 valence electrons. The predicted octanol–water partition coefficient (Wildman–Crippen LogP) is 3.10. The second-order valence-corrected chi connectivity index (χ2v) is 6.57. The van der Waals surface area contributed by atoms with Crippen molar-refractivity contribution >= 4 is 29.9 Å². The molecule has 0 fully saturated rings. The van der Waals surface area contributed by atoms with Crippen molar-refractivity contribution in [2.24, 2.45) is 4.99 Å². The number of halogens is 1. The topological polar surface area (TPSA) is 48.9 Å². The van der Waals surface area contributed by atoms with E-state index in [1.54, 1.807) is 7.05 Å². The van der Waals surface area contributed by atoms with E-state index in [0.29, 0.717) is 6.54 Å². The second-order valence-electron chi connectivity index (χ2n) is 6.57. The Morgan fingerprint density at radius 2 is 1.88 bits per heavy atom. The lowest BCUT2D eigenvalue weighted by Crippen LogP contribution is -2.40. The molecule has 0 aliphatic carbocycles. The van der Waals surface area contributed by atoms with Gasteiger partial charge in [0.1, 0.15) is 11.4 Å². The fourth-order valence-electron chi connectivity index (χ4n) is 2.00. The fourth-order valence-corrected chi connectivity index (χ4v) is 2.00. The molecule has 0 amide bonds. The molecule has 0 heterocycles. The monoisotopic (exact) mass is 448 g/mol. The molecule has 1 aromatic rings. The number of hydrogen-bond donors (Lipinski definition) is 2. The average molecular weight is 448 g/mol. The summed E-state index contributed by atoms with van der Waals surface area (Å²) in [6.07, 6.45) is 0. The molecule has 2 N–H and O–H groups in total. The van der Waals surface area contributed by atoms with Crippen molar-refractivity contribution in [1.29, 1.82) is 0 Å². The Morgan fingerprint density at radius 1 is 1.21 bits per heavy atom. The summed E-state index contributed by atoms with van der Waals surface area (Å²) in [6.45, 7) is 11.9. The van der Waals surface area contributed by atoms with Gasteiger partial charge in [-0.3, -0.25) is 4.99 Å². The first-order valence-corrected chi connectivity index (χ1v) is 8.25. The molecule has 0 spiro atoms. The van der Waals surface area contributed by atoms with E-state index in [-0.39, 0.29) is 29.6 Å². The van der Waals surface area contributed by atoms with Gasteiger partial charge in [-0.05, 0) is 40.4 Å². The quantitative estimate of drug-likeness (QED) is 0.383. The largest absolute Gasteiger partial charge is 0.488 e. The maximum Gasteiger partial charge on any atom is 0.191 e. The van der Waals surface area contributed by atoms with Gasteiger partial charge in [0, 0.05) is 32.2 Å². The number of aliphatic imine (C=N–C) groups is 1. The number of hydrogen-bond acceptors (Lipinski definition) is 3. The Kier molecular flexibility index (Phi) is 11.0. The highest BCUT2D eigenvalue weighted by Gasteiger charge is 2.14. The van der Waals surface area contributed by atoms with Gasteiger partial charge in [0.25, 0.3) is 0 Å². The molecule has 0 atom stereocenters. The van der Waals surface area contributed by atoms with Gasteiger partial charge in [-0.1, -0.05) is 25.1 Å². The first-order chi connectivity index (χ1) is 10.9. The predicted molar refractivity (Wildman–Crippen MR) is 114 cm³/mol. The van der Waals surface area contributed by atoms with E-state index in [1.807, 2.05) is 18.2 Å². The van der Waals surface area contributed by atoms with Crippen LogP contribution in [0.15, 0.2) is 29.3 Å². The van der Waals surface area contributed by atoms with Crippen molar-refractivity contribution in [3.05, 3.63) is 29.8 Å². The molecule has 1 aromatic carbocycles. The molecule has 5 nitrogen and oxygen atoms in total. The summed E-state index contributed by atoms with van der Waals surface area (Å²) in [5, 5.41) is 6.67. The summed E-state index contributed by atoms with van der Waals surface area (Å²) in [6, 6.07) is 8.11. The molecular formula is C18H33IN4O. The zero-order chi connectivity index (χ0) is 17.3. The third kappa shape index (κ3) is 9.32. The maximum absolute atomic E-state index is 6.02. The van der Waals surface area contributed by atoms with E-state index in [0.717, 1.165) is 36.9 Å². The van der Waals surface area contributed by atoms with Gasteiger partial charge >= 0.3 is 0 Å². The number of para-hydroxylation sites is 1. The van der Waals surface area contributed by atoms with E-state index in [2.05, 4.69) is 61.3 Å². The van der Waals surface area contributed by atoms with E-state index < -0.39 is 0 Å². The van der Waals surface area contributed by atoms with Crippen molar-refractivity contribution in [3.63, 3.8) is 0 Å². The van der Waals surface area contributed by atoms with Gasteiger partial charge in [0.15, 0.2) is 5.96 Å². The minimum absolute atomic E-state index is 0. The Labute approximate surface area is 164 Å². The van der Waals surface area contributed by atoms with Crippen LogP contribution in [0.5, 0.6) is 5.75 Å². The van der Waals surface area contributed by atoms with Gasteiger partial charge in [-0.25, -0.2) is 0 Å². The number of rotatable bonds is 7. The van der Waals surface area contributed by atoms with Crippen LogP contribution in [0, 0.1) is 0 Å². The van der Waals surface area contributed by atoms with Crippen LogP contribution in [-0.2, 0) is 6.54 Å². The summed E-state index contributed by atoms with van der Waals surface area (Å²) >= 11 is 0. The molecule has 0 aromatic heterocycles. The lowest BCUT2D eigenvalue weighted by atomic mass is 10.1. The van der Waals surface area contributed by atoms with Gasteiger partial charge < -0.3 is 20.3 Å². The van der Waals surface area contributed by atoms with Crippen LogP contribution in [0.25, 0.3) is 0 Å². The van der Waals surface area contributed by atoms with Gasteiger partial charge in [0.2, 0.25) is 0 Å². The molecule has 0 radical (unpaired) electrons. The van der Waals surface area contributed by atoms with E-state index in [4.69, 9.17) is 4.74 Å². The number of nitrogens with one attached hydrogen (secondary N) is 2. The molecule has 0 unspecified atom stereocenters. The van der Waals surface area contributed by atoms with Crippen molar-refractivity contribution in [2.45, 2.75) is 39.8 Å². The van der Waals surface area contributed by atoms with Gasteiger partial charge in [0.05, 0.1) is 0 Å². The first kappa shape index (κ1) is 23.0. The summed E-state index contributed by atoms with van der Waals surface area (Å²) < 4.78 is 6.02. The number of likely N-dealkylation sites (N-methyl/N-ethyl adjacent to an activating group) is 1. The van der Waals surface area contributed by atoms with Crippen LogP contribution in [-0.4, -0.2) is 50.2 Å². The second kappa shape index (κ2) is 11.5. The molecule has 0 aliphatic heterocycles. The summed E-state index contributed by atoms with van der Waals surface area (Å²) in [4.78, 5) is 6.52. The van der Waals surface area contributed by atoms with Crippen LogP contribution in [0.3, 0.4) is 0 Å². The lowest BCUT2D eigenvalue weighted by molar-refractivity contribution is 0.129. The number of guanidine groups is 1. The van der Waals surface area contributed by atoms with E-state index in [9.17, 15) is 0 Å². The lowest BCUT2D eigenvalue weighted by Gasteiger charge is -2.23. The van der Waals surface area contributed by atoms with Gasteiger partial charge in [-0.15, -0.1) is 24.0 Å². The normalized spacial score (nSPS) is 11.9. The maximum atomic E-state index is 6.02.